The number of aliphatic hydroxyl groups is 2. The summed E-state index contributed by atoms with van der Waals surface area (Å²) in [6.45, 7) is 6.75. The van der Waals surface area contributed by atoms with E-state index < -0.39 is 6.10 Å². The van der Waals surface area contributed by atoms with Crippen molar-refractivity contribution in [1.82, 2.24) is 10.2 Å². The Bertz CT molecular complexity index is 182. The third-order valence-electron chi connectivity index (χ3n) is 3.25. The van der Waals surface area contributed by atoms with Gasteiger partial charge in [0.2, 0.25) is 0 Å². The third-order valence-corrected chi connectivity index (χ3v) is 3.25. The number of aliphatic hydroxyl groups excluding tert-OH is 2. The van der Waals surface area contributed by atoms with E-state index in [0.717, 1.165) is 13.1 Å². The second kappa shape index (κ2) is 7.22. The minimum atomic E-state index is -0.619. The van der Waals surface area contributed by atoms with Crippen LogP contribution in [0.2, 0.25) is 0 Å². The summed E-state index contributed by atoms with van der Waals surface area (Å²) in [7, 11) is 0. The molecule has 3 N–H and O–H groups in total. The maximum atomic E-state index is 9.49. The van der Waals surface area contributed by atoms with Crippen LogP contribution in [-0.2, 0) is 0 Å². The fraction of sp³-hybridized carbons (Fsp3) is 1.00. The van der Waals surface area contributed by atoms with Gasteiger partial charge in [0, 0.05) is 25.2 Å². The molecule has 0 amide bonds. The van der Waals surface area contributed by atoms with E-state index in [4.69, 9.17) is 5.11 Å². The van der Waals surface area contributed by atoms with E-state index in [1.807, 2.05) is 0 Å². The second-order valence-corrected chi connectivity index (χ2v) is 5.03. The molecular formula is C12H26N2O2. The van der Waals surface area contributed by atoms with Gasteiger partial charge in [0.25, 0.3) is 0 Å². The lowest BCUT2D eigenvalue weighted by Crippen LogP contribution is -2.48. The summed E-state index contributed by atoms with van der Waals surface area (Å²) in [5.41, 5.74) is 0. The van der Waals surface area contributed by atoms with Crippen LogP contribution >= 0.6 is 0 Å². The Morgan fingerprint density at radius 3 is 2.62 bits per heavy atom. The number of hydrogen-bond acceptors (Lipinski definition) is 4. The average molecular weight is 230 g/mol. The van der Waals surface area contributed by atoms with Crippen molar-refractivity contribution in [3.8, 4) is 0 Å². The Labute approximate surface area is 98.6 Å². The Balaban J connectivity index is 2.37. The SMILES string of the molecule is CC(C)N(CC(O)CO)CC1CCCCN1. The molecule has 0 aromatic heterocycles. The third kappa shape index (κ3) is 4.78. The lowest BCUT2D eigenvalue weighted by atomic mass is 10.0. The van der Waals surface area contributed by atoms with E-state index in [1.165, 1.54) is 19.3 Å². The molecule has 0 saturated carbocycles. The quantitative estimate of drug-likeness (QED) is 0.610. The van der Waals surface area contributed by atoms with Crippen molar-refractivity contribution in [3.63, 3.8) is 0 Å². The molecule has 2 unspecified atom stereocenters. The zero-order valence-electron chi connectivity index (χ0n) is 10.5. The van der Waals surface area contributed by atoms with Crippen LogP contribution < -0.4 is 5.32 Å². The Kier molecular flexibility index (Phi) is 6.28. The second-order valence-electron chi connectivity index (χ2n) is 5.03. The van der Waals surface area contributed by atoms with E-state index in [-0.39, 0.29) is 6.61 Å². The van der Waals surface area contributed by atoms with E-state index in [0.29, 0.717) is 18.6 Å². The fourth-order valence-electron chi connectivity index (χ4n) is 2.19. The summed E-state index contributed by atoms with van der Waals surface area (Å²) in [6.07, 6.45) is 3.17. The molecule has 1 aliphatic rings. The smallest absolute Gasteiger partial charge is 0.0897 e. The van der Waals surface area contributed by atoms with Gasteiger partial charge in [-0.1, -0.05) is 6.42 Å². The minimum Gasteiger partial charge on any atom is -0.394 e. The van der Waals surface area contributed by atoms with Gasteiger partial charge in [-0.25, -0.2) is 0 Å². The molecule has 4 heteroatoms. The highest BCUT2D eigenvalue weighted by Crippen LogP contribution is 2.10. The van der Waals surface area contributed by atoms with Crippen molar-refractivity contribution >= 4 is 0 Å². The van der Waals surface area contributed by atoms with E-state index in [1.54, 1.807) is 0 Å². The molecule has 0 bridgehead atoms. The van der Waals surface area contributed by atoms with E-state index >= 15 is 0 Å². The van der Waals surface area contributed by atoms with Crippen molar-refractivity contribution in [2.45, 2.75) is 51.3 Å². The first-order chi connectivity index (χ1) is 7.63. The maximum absolute atomic E-state index is 9.49. The number of nitrogens with one attached hydrogen (secondary N) is 1. The predicted octanol–water partition coefficient (Wildman–Crippen LogP) is 0.192. The van der Waals surface area contributed by atoms with E-state index in [2.05, 4.69) is 24.1 Å². The normalized spacial score (nSPS) is 24.0. The molecule has 16 heavy (non-hydrogen) atoms. The molecule has 0 aromatic rings. The standard InChI is InChI=1S/C12H26N2O2/c1-10(2)14(8-12(16)9-15)7-11-5-3-4-6-13-11/h10-13,15-16H,3-9H2,1-2H3. The lowest BCUT2D eigenvalue weighted by Gasteiger charge is -2.34. The minimum absolute atomic E-state index is 0.151. The van der Waals surface area contributed by atoms with Gasteiger partial charge in [-0.05, 0) is 33.2 Å². The first kappa shape index (κ1) is 13.9. The van der Waals surface area contributed by atoms with Crippen molar-refractivity contribution < 1.29 is 10.2 Å². The van der Waals surface area contributed by atoms with Gasteiger partial charge in [0.1, 0.15) is 0 Å². The molecule has 1 saturated heterocycles. The molecule has 96 valence electrons. The highest BCUT2D eigenvalue weighted by Gasteiger charge is 2.20. The van der Waals surface area contributed by atoms with E-state index in [9.17, 15) is 5.11 Å². The van der Waals surface area contributed by atoms with Crippen molar-refractivity contribution in [2.75, 3.05) is 26.2 Å². The van der Waals surface area contributed by atoms with Crippen LogP contribution in [0.25, 0.3) is 0 Å². The summed E-state index contributed by atoms with van der Waals surface area (Å²) in [5.74, 6) is 0. The van der Waals surface area contributed by atoms with Gasteiger partial charge in [0.15, 0.2) is 0 Å². The zero-order chi connectivity index (χ0) is 12.0. The summed E-state index contributed by atoms with van der Waals surface area (Å²) in [4.78, 5) is 2.24. The van der Waals surface area contributed by atoms with Gasteiger partial charge in [-0.2, -0.15) is 0 Å². The van der Waals surface area contributed by atoms with Crippen LogP contribution in [0.15, 0.2) is 0 Å². The van der Waals surface area contributed by atoms with Gasteiger partial charge in [-0.15, -0.1) is 0 Å². The van der Waals surface area contributed by atoms with Crippen LogP contribution in [0.1, 0.15) is 33.1 Å². The highest BCUT2D eigenvalue weighted by atomic mass is 16.3. The molecule has 4 nitrogen and oxygen atoms in total. The molecule has 0 aromatic carbocycles. The summed E-state index contributed by atoms with van der Waals surface area (Å²) < 4.78 is 0. The monoisotopic (exact) mass is 230 g/mol. The first-order valence-electron chi connectivity index (χ1n) is 6.40. The van der Waals surface area contributed by atoms with Crippen LogP contribution in [0, 0.1) is 0 Å². The van der Waals surface area contributed by atoms with Crippen molar-refractivity contribution in [2.24, 2.45) is 0 Å². The first-order valence-corrected chi connectivity index (χ1v) is 6.40. The van der Waals surface area contributed by atoms with Crippen LogP contribution in [0.3, 0.4) is 0 Å². The van der Waals surface area contributed by atoms with Gasteiger partial charge in [0.05, 0.1) is 12.7 Å². The summed E-state index contributed by atoms with van der Waals surface area (Å²) in [6, 6.07) is 0.951. The Morgan fingerprint density at radius 2 is 2.12 bits per heavy atom. The number of rotatable bonds is 6. The van der Waals surface area contributed by atoms with Gasteiger partial charge in [-0.3, -0.25) is 4.90 Å². The lowest BCUT2D eigenvalue weighted by molar-refractivity contribution is 0.0444. The molecule has 0 aliphatic carbocycles. The number of nitrogens with zero attached hydrogens (tertiary/aromatic N) is 1. The van der Waals surface area contributed by atoms with Crippen LogP contribution in [-0.4, -0.2) is 59.5 Å². The molecule has 2 atom stereocenters. The molecule has 1 aliphatic heterocycles. The molecular weight excluding hydrogens is 204 g/mol. The topological polar surface area (TPSA) is 55.7 Å². The van der Waals surface area contributed by atoms with Crippen LogP contribution in [0.4, 0.5) is 0 Å². The Hall–Kier alpha value is -0.160. The maximum Gasteiger partial charge on any atom is 0.0897 e. The van der Waals surface area contributed by atoms with Gasteiger partial charge < -0.3 is 15.5 Å². The largest absolute Gasteiger partial charge is 0.394 e. The molecule has 1 rings (SSSR count). The predicted molar refractivity (Wildman–Crippen MR) is 65.4 cm³/mol. The van der Waals surface area contributed by atoms with Crippen molar-refractivity contribution in [3.05, 3.63) is 0 Å². The summed E-state index contributed by atoms with van der Waals surface area (Å²) in [5, 5.41) is 21.9. The molecule has 1 heterocycles. The molecule has 0 radical (unpaired) electrons. The van der Waals surface area contributed by atoms with Crippen molar-refractivity contribution in [1.29, 1.82) is 0 Å². The molecule has 1 fully saturated rings. The fourth-order valence-corrected chi connectivity index (χ4v) is 2.19. The van der Waals surface area contributed by atoms with Crippen LogP contribution in [0.5, 0.6) is 0 Å². The number of piperidine rings is 1. The number of hydrogen-bond donors (Lipinski definition) is 3. The Morgan fingerprint density at radius 1 is 1.38 bits per heavy atom. The highest BCUT2D eigenvalue weighted by molar-refractivity contribution is 4.78. The van der Waals surface area contributed by atoms with Gasteiger partial charge >= 0.3 is 0 Å². The zero-order valence-corrected chi connectivity index (χ0v) is 10.5. The molecule has 0 spiro atoms. The summed E-state index contributed by atoms with van der Waals surface area (Å²) >= 11 is 0. The average Bonchev–Trinajstić information content (AvgIpc) is 2.29.